The normalized spacial score (nSPS) is 23.3. The van der Waals surface area contributed by atoms with E-state index < -0.39 is 0 Å². The van der Waals surface area contributed by atoms with Crippen LogP contribution in [0.4, 0.5) is 0 Å². The van der Waals surface area contributed by atoms with E-state index in [1.54, 1.807) is 0 Å². The first-order valence-corrected chi connectivity index (χ1v) is 6.84. The van der Waals surface area contributed by atoms with E-state index in [1.165, 1.54) is 36.5 Å². The highest BCUT2D eigenvalue weighted by Gasteiger charge is 2.12. The SMILES string of the molecule is ICCCCNCC1CCCCO1. The summed E-state index contributed by atoms with van der Waals surface area (Å²) in [5.41, 5.74) is 0. The summed E-state index contributed by atoms with van der Waals surface area (Å²) in [7, 11) is 0. The van der Waals surface area contributed by atoms with Crippen LogP contribution in [0.3, 0.4) is 0 Å². The number of halogens is 1. The van der Waals surface area contributed by atoms with Crippen LogP contribution in [-0.4, -0.2) is 30.2 Å². The number of alkyl halides is 1. The van der Waals surface area contributed by atoms with E-state index in [4.69, 9.17) is 4.74 Å². The van der Waals surface area contributed by atoms with Crippen molar-refractivity contribution in [3.05, 3.63) is 0 Å². The Morgan fingerprint density at radius 1 is 1.31 bits per heavy atom. The van der Waals surface area contributed by atoms with Crippen molar-refractivity contribution in [2.75, 3.05) is 24.1 Å². The standard InChI is InChI=1S/C10H20INO/c11-6-2-3-7-12-9-10-5-1-4-8-13-10/h10,12H,1-9H2. The first-order valence-electron chi connectivity index (χ1n) is 5.32. The fourth-order valence-electron chi connectivity index (χ4n) is 1.58. The zero-order valence-corrected chi connectivity index (χ0v) is 10.4. The molecular weight excluding hydrogens is 277 g/mol. The number of hydrogen-bond acceptors (Lipinski definition) is 2. The molecule has 1 atom stereocenters. The highest BCUT2D eigenvalue weighted by atomic mass is 127. The minimum atomic E-state index is 0.494. The van der Waals surface area contributed by atoms with Gasteiger partial charge in [0.25, 0.3) is 0 Å². The molecule has 1 aliphatic rings. The molecule has 1 rings (SSSR count). The summed E-state index contributed by atoms with van der Waals surface area (Å²) < 4.78 is 6.90. The Bertz CT molecular complexity index is 115. The molecule has 13 heavy (non-hydrogen) atoms. The summed E-state index contributed by atoms with van der Waals surface area (Å²) in [5.74, 6) is 0. The Labute approximate surface area is 94.9 Å². The van der Waals surface area contributed by atoms with Crippen LogP contribution in [0.5, 0.6) is 0 Å². The number of hydrogen-bond donors (Lipinski definition) is 1. The van der Waals surface area contributed by atoms with Gasteiger partial charge in [0.1, 0.15) is 0 Å². The minimum absolute atomic E-state index is 0.494. The van der Waals surface area contributed by atoms with Crippen molar-refractivity contribution in [1.82, 2.24) is 5.32 Å². The molecule has 1 saturated heterocycles. The molecule has 3 heteroatoms. The molecule has 1 aliphatic heterocycles. The second-order valence-electron chi connectivity index (χ2n) is 3.59. The molecule has 0 aromatic rings. The molecule has 2 nitrogen and oxygen atoms in total. The van der Waals surface area contributed by atoms with Gasteiger partial charge in [-0.2, -0.15) is 0 Å². The second-order valence-corrected chi connectivity index (χ2v) is 4.67. The minimum Gasteiger partial charge on any atom is -0.377 e. The molecule has 0 radical (unpaired) electrons. The molecule has 0 aromatic carbocycles. The van der Waals surface area contributed by atoms with Gasteiger partial charge in [-0.3, -0.25) is 0 Å². The van der Waals surface area contributed by atoms with Crippen LogP contribution < -0.4 is 5.32 Å². The van der Waals surface area contributed by atoms with Gasteiger partial charge in [0.2, 0.25) is 0 Å². The fraction of sp³-hybridized carbons (Fsp3) is 1.00. The quantitative estimate of drug-likeness (QED) is 0.462. The van der Waals surface area contributed by atoms with Gasteiger partial charge < -0.3 is 10.1 Å². The molecule has 1 heterocycles. The molecule has 1 N–H and O–H groups in total. The van der Waals surface area contributed by atoms with Crippen LogP contribution in [0.25, 0.3) is 0 Å². The summed E-state index contributed by atoms with van der Waals surface area (Å²) in [6.45, 7) is 3.18. The molecule has 0 aromatic heterocycles. The number of nitrogens with one attached hydrogen (secondary N) is 1. The molecule has 0 bridgehead atoms. The molecule has 1 fully saturated rings. The summed E-state index contributed by atoms with van der Waals surface area (Å²) in [6.07, 6.45) is 6.98. The van der Waals surface area contributed by atoms with Crippen molar-refractivity contribution >= 4 is 22.6 Å². The molecule has 1 unspecified atom stereocenters. The van der Waals surface area contributed by atoms with Gasteiger partial charge in [-0.05, 0) is 43.1 Å². The van der Waals surface area contributed by atoms with Gasteiger partial charge >= 0.3 is 0 Å². The highest BCUT2D eigenvalue weighted by molar-refractivity contribution is 14.1. The zero-order chi connectivity index (χ0) is 9.36. The van der Waals surface area contributed by atoms with Crippen molar-refractivity contribution < 1.29 is 4.74 Å². The van der Waals surface area contributed by atoms with Crippen LogP contribution in [0.2, 0.25) is 0 Å². The lowest BCUT2D eigenvalue weighted by Gasteiger charge is -2.22. The lowest BCUT2D eigenvalue weighted by atomic mass is 10.1. The number of rotatable bonds is 6. The molecule has 78 valence electrons. The van der Waals surface area contributed by atoms with Gasteiger partial charge in [-0.15, -0.1) is 0 Å². The monoisotopic (exact) mass is 297 g/mol. The molecule has 0 amide bonds. The van der Waals surface area contributed by atoms with Crippen LogP contribution in [0, 0.1) is 0 Å². The number of ether oxygens (including phenoxy) is 1. The number of unbranched alkanes of at least 4 members (excludes halogenated alkanes) is 1. The summed E-state index contributed by atoms with van der Waals surface area (Å²) >= 11 is 2.43. The molecule has 0 spiro atoms. The average Bonchev–Trinajstić information content (AvgIpc) is 2.19. The second kappa shape index (κ2) is 8.00. The fourth-order valence-corrected chi connectivity index (χ4v) is 2.12. The van der Waals surface area contributed by atoms with Gasteiger partial charge in [-0.1, -0.05) is 22.6 Å². The van der Waals surface area contributed by atoms with Crippen molar-refractivity contribution in [1.29, 1.82) is 0 Å². The van der Waals surface area contributed by atoms with Gasteiger partial charge in [0.15, 0.2) is 0 Å². The maximum Gasteiger partial charge on any atom is 0.0699 e. The third kappa shape index (κ3) is 5.86. The lowest BCUT2D eigenvalue weighted by Crippen LogP contribution is -2.32. The van der Waals surface area contributed by atoms with Crippen molar-refractivity contribution in [3.63, 3.8) is 0 Å². The zero-order valence-electron chi connectivity index (χ0n) is 8.23. The van der Waals surface area contributed by atoms with Crippen molar-refractivity contribution in [2.45, 2.75) is 38.2 Å². The maximum atomic E-state index is 5.62. The Hall–Kier alpha value is 0.650. The maximum absolute atomic E-state index is 5.62. The topological polar surface area (TPSA) is 21.3 Å². The van der Waals surface area contributed by atoms with E-state index in [1.807, 2.05) is 0 Å². The van der Waals surface area contributed by atoms with Gasteiger partial charge in [0.05, 0.1) is 6.10 Å². The average molecular weight is 297 g/mol. The van der Waals surface area contributed by atoms with E-state index in [0.717, 1.165) is 19.7 Å². The third-order valence-corrected chi connectivity index (χ3v) is 3.15. The lowest BCUT2D eigenvalue weighted by molar-refractivity contribution is 0.0170. The van der Waals surface area contributed by atoms with Crippen LogP contribution in [0.15, 0.2) is 0 Å². The summed E-state index contributed by atoms with van der Waals surface area (Å²) in [5, 5.41) is 3.46. The van der Waals surface area contributed by atoms with E-state index in [-0.39, 0.29) is 0 Å². The Morgan fingerprint density at radius 2 is 2.23 bits per heavy atom. The highest BCUT2D eigenvalue weighted by Crippen LogP contribution is 2.11. The molecular formula is C10H20INO. The van der Waals surface area contributed by atoms with E-state index in [0.29, 0.717) is 6.10 Å². The van der Waals surface area contributed by atoms with Crippen LogP contribution in [0.1, 0.15) is 32.1 Å². The van der Waals surface area contributed by atoms with Gasteiger partial charge in [-0.25, -0.2) is 0 Å². The third-order valence-electron chi connectivity index (χ3n) is 2.38. The van der Waals surface area contributed by atoms with Crippen LogP contribution in [-0.2, 0) is 4.74 Å². The van der Waals surface area contributed by atoms with Crippen molar-refractivity contribution in [3.8, 4) is 0 Å². The van der Waals surface area contributed by atoms with Gasteiger partial charge in [0, 0.05) is 13.2 Å². The summed E-state index contributed by atoms with van der Waals surface area (Å²) in [6, 6.07) is 0. The Kier molecular flexibility index (Phi) is 7.21. The predicted octanol–water partition coefficient (Wildman–Crippen LogP) is 2.36. The first-order chi connectivity index (χ1) is 6.43. The summed E-state index contributed by atoms with van der Waals surface area (Å²) in [4.78, 5) is 0. The van der Waals surface area contributed by atoms with E-state index >= 15 is 0 Å². The van der Waals surface area contributed by atoms with Crippen molar-refractivity contribution in [2.24, 2.45) is 0 Å². The van der Waals surface area contributed by atoms with Crippen LogP contribution >= 0.6 is 22.6 Å². The Balaban J connectivity index is 1.86. The van der Waals surface area contributed by atoms with E-state index in [9.17, 15) is 0 Å². The predicted molar refractivity (Wildman–Crippen MR) is 64.6 cm³/mol. The van der Waals surface area contributed by atoms with E-state index in [2.05, 4.69) is 27.9 Å². The largest absolute Gasteiger partial charge is 0.377 e. The Morgan fingerprint density at radius 3 is 2.92 bits per heavy atom. The first kappa shape index (κ1) is 11.7. The molecule has 0 saturated carbocycles. The molecule has 0 aliphatic carbocycles. The smallest absolute Gasteiger partial charge is 0.0699 e.